The fourth-order valence-electron chi connectivity index (χ4n) is 5.77. The van der Waals surface area contributed by atoms with E-state index < -0.39 is 0 Å². The summed E-state index contributed by atoms with van der Waals surface area (Å²) in [6.45, 7) is 0. The van der Waals surface area contributed by atoms with Crippen molar-refractivity contribution in [3.8, 4) is 33.4 Å². The maximum atomic E-state index is 3.62. The second kappa shape index (κ2) is 6.84. The molecule has 0 aliphatic heterocycles. The molecule has 0 radical (unpaired) electrons. The number of fused-ring (bicyclic) bond motifs is 8. The Bertz CT molecular complexity index is 1580. The van der Waals surface area contributed by atoms with Gasteiger partial charge < -0.3 is 0 Å². The summed E-state index contributed by atoms with van der Waals surface area (Å²) in [6, 6.07) is 34.0. The van der Waals surface area contributed by atoms with Gasteiger partial charge in [0.05, 0.1) is 0 Å². The monoisotopic (exact) mass is 490 g/mol. The third-order valence-electron chi connectivity index (χ3n) is 7.07. The maximum Gasteiger partial charge on any atom is 0.0370 e. The van der Waals surface area contributed by atoms with Crippen molar-refractivity contribution in [1.29, 1.82) is 0 Å². The molecule has 0 spiro atoms. The summed E-state index contributed by atoms with van der Waals surface area (Å²) in [5.74, 6) is 0.344. The molecule has 32 heavy (non-hydrogen) atoms. The zero-order valence-electron chi connectivity index (χ0n) is 17.5. The van der Waals surface area contributed by atoms with Gasteiger partial charge in [0, 0.05) is 15.3 Å². The van der Waals surface area contributed by atoms with Crippen LogP contribution in [0, 0.1) is 0 Å². The molecule has 0 heterocycles. The van der Waals surface area contributed by atoms with Crippen LogP contribution in [0.25, 0.3) is 44.2 Å². The van der Waals surface area contributed by atoms with Crippen molar-refractivity contribution < 1.29 is 0 Å². The van der Waals surface area contributed by atoms with Crippen LogP contribution in [-0.2, 0) is 0 Å². The van der Waals surface area contributed by atoms with Gasteiger partial charge in [-0.1, -0.05) is 88.7 Å². The summed E-state index contributed by atoms with van der Waals surface area (Å²) in [5.41, 5.74) is 12.6. The maximum absolute atomic E-state index is 3.62. The number of benzene rings is 5. The minimum Gasteiger partial charge on any atom is -0.129 e. The van der Waals surface area contributed by atoms with Crippen molar-refractivity contribution >= 4 is 38.5 Å². The molecule has 0 aromatic heterocycles. The predicted molar refractivity (Wildman–Crippen MR) is 141 cm³/mol. The summed E-state index contributed by atoms with van der Waals surface area (Å²) in [6.07, 6.45) is 2.14. The molecule has 0 saturated carbocycles. The van der Waals surface area contributed by atoms with Gasteiger partial charge in [-0.15, -0.1) is 11.8 Å². The van der Waals surface area contributed by atoms with E-state index in [9.17, 15) is 0 Å². The van der Waals surface area contributed by atoms with E-state index in [1.807, 2.05) is 0 Å². The molecule has 5 aromatic rings. The SMILES string of the molecule is CSc1cc(Br)ccc1-c1ccc2c3c(ccc2c1)-c1cccc2c1C3c1ccccc1-2. The smallest absolute Gasteiger partial charge is 0.0370 e. The van der Waals surface area contributed by atoms with Crippen LogP contribution in [0.15, 0.2) is 100 Å². The van der Waals surface area contributed by atoms with Crippen LogP contribution in [0.2, 0.25) is 0 Å². The van der Waals surface area contributed by atoms with Crippen molar-refractivity contribution in [3.63, 3.8) is 0 Å². The highest BCUT2D eigenvalue weighted by Crippen LogP contribution is 2.59. The zero-order chi connectivity index (χ0) is 21.4. The Labute approximate surface area is 200 Å². The van der Waals surface area contributed by atoms with Crippen LogP contribution in [0.4, 0.5) is 0 Å². The van der Waals surface area contributed by atoms with Gasteiger partial charge in [0.2, 0.25) is 0 Å². The summed E-state index contributed by atoms with van der Waals surface area (Å²) >= 11 is 5.41. The van der Waals surface area contributed by atoms with E-state index in [-0.39, 0.29) is 0 Å². The van der Waals surface area contributed by atoms with E-state index in [1.54, 1.807) is 11.8 Å². The molecular formula is C30H19BrS. The summed E-state index contributed by atoms with van der Waals surface area (Å²) < 4.78 is 1.12. The predicted octanol–water partition coefficient (Wildman–Crippen LogP) is 9.13. The van der Waals surface area contributed by atoms with E-state index in [0.29, 0.717) is 5.92 Å². The van der Waals surface area contributed by atoms with E-state index in [0.717, 1.165) is 4.47 Å². The Hall–Kier alpha value is -2.81. The first kappa shape index (κ1) is 18.7. The molecule has 0 N–H and O–H groups in total. The van der Waals surface area contributed by atoms with Crippen molar-refractivity contribution in [2.24, 2.45) is 0 Å². The van der Waals surface area contributed by atoms with Crippen molar-refractivity contribution in [1.82, 2.24) is 0 Å². The van der Waals surface area contributed by atoms with Crippen molar-refractivity contribution in [3.05, 3.63) is 112 Å². The lowest BCUT2D eigenvalue weighted by Gasteiger charge is -2.15. The molecule has 0 bridgehead atoms. The van der Waals surface area contributed by atoms with E-state index >= 15 is 0 Å². The standard InChI is InChI=1S/C30H19BrS/c1-32-27-16-19(31)11-14-20(27)17-9-12-21-18(15-17)10-13-26-25-8-4-7-23-22-5-2-3-6-24(22)30(28(21)26)29(23)25/h2-16,30H,1H3. The molecule has 5 aromatic carbocycles. The number of rotatable bonds is 2. The van der Waals surface area contributed by atoms with Gasteiger partial charge >= 0.3 is 0 Å². The number of thioether (sulfide) groups is 1. The Balaban J connectivity index is 1.48. The van der Waals surface area contributed by atoms with Gasteiger partial charge in [-0.05, 0) is 85.3 Å². The highest BCUT2D eigenvalue weighted by molar-refractivity contribution is 9.10. The van der Waals surface area contributed by atoms with Crippen LogP contribution in [0.3, 0.4) is 0 Å². The van der Waals surface area contributed by atoms with Crippen LogP contribution >= 0.6 is 27.7 Å². The number of hydrogen-bond donors (Lipinski definition) is 0. The Morgan fingerprint density at radius 1 is 0.656 bits per heavy atom. The fourth-order valence-corrected chi connectivity index (χ4v) is 6.93. The van der Waals surface area contributed by atoms with Gasteiger partial charge in [-0.25, -0.2) is 0 Å². The number of halogens is 1. The van der Waals surface area contributed by atoms with E-state index in [1.165, 1.54) is 65.7 Å². The molecule has 1 atom stereocenters. The summed E-state index contributed by atoms with van der Waals surface area (Å²) in [5, 5.41) is 2.69. The van der Waals surface area contributed by atoms with Crippen LogP contribution < -0.4 is 0 Å². The molecule has 1 unspecified atom stereocenters. The van der Waals surface area contributed by atoms with Gasteiger partial charge in [-0.2, -0.15) is 0 Å². The lowest BCUT2D eigenvalue weighted by atomic mass is 9.88. The topological polar surface area (TPSA) is 0 Å². The molecule has 0 nitrogen and oxygen atoms in total. The third-order valence-corrected chi connectivity index (χ3v) is 8.34. The Morgan fingerprint density at radius 3 is 2.28 bits per heavy atom. The molecule has 0 amide bonds. The van der Waals surface area contributed by atoms with Crippen LogP contribution in [0.5, 0.6) is 0 Å². The second-order valence-corrected chi connectivity index (χ2v) is 10.4. The minimum absolute atomic E-state index is 0.344. The molecule has 0 fully saturated rings. The van der Waals surface area contributed by atoms with E-state index in [2.05, 4.69) is 113 Å². The first-order valence-corrected chi connectivity index (χ1v) is 12.9. The summed E-state index contributed by atoms with van der Waals surface area (Å²) in [7, 11) is 0. The highest BCUT2D eigenvalue weighted by atomic mass is 79.9. The average molecular weight is 491 g/mol. The van der Waals surface area contributed by atoms with Crippen molar-refractivity contribution in [2.75, 3.05) is 6.26 Å². The third kappa shape index (κ3) is 2.45. The fraction of sp³-hybridized carbons (Fsp3) is 0.0667. The van der Waals surface area contributed by atoms with Gasteiger partial charge in [0.1, 0.15) is 0 Å². The Morgan fingerprint density at radius 2 is 1.41 bits per heavy atom. The molecule has 2 heteroatoms. The van der Waals surface area contributed by atoms with Crippen LogP contribution in [-0.4, -0.2) is 6.26 Å². The molecule has 2 aliphatic carbocycles. The Kier molecular flexibility index (Phi) is 4.01. The second-order valence-electron chi connectivity index (χ2n) is 8.59. The molecule has 2 aliphatic rings. The summed E-state index contributed by atoms with van der Waals surface area (Å²) in [4.78, 5) is 1.29. The van der Waals surface area contributed by atoms with Crippen molar-refractivity contribution in [2.45, 2.75) is 10.8 Å². The van der Waals surface area contributed by atoms with E-state index in [4.69, 9.17) is 0 Å². The highest BCUT2D eigenvalue weighted by Gasteiger charge is 2.39. The van der Waals surface area contributed by atoms with Gasteiger partial charge in [0.15, 0.2) is 0 Å². The molecule has 7 rings (SSSR count). The number of hydrogen-bond acceptors (Lipinski definition) is 1. The molecule has 0 saturated heterocycles. The molecular weight excluding hydrogens is 472 g/mol. The average Bonchev–Trinajstić information content (AvgIpc) is 3.36. The quantitative estimate of drug-likeness (QED) is 0.217. The van der Waals surface area contributed by atoms with Gasteiger partial charge in [0.25, 0.3) is 0 Å². The van der Waals surface area contributed by atoms with Crippen LogP contribution in [0.1, 0.15) is 22.6 Å². The first-order valence-electron chi connectivity index (χ1n) is 10.9. The zero-order valence-corrected chi connectivity index (χ0v) is 19.9. The first-order chi connectivity index (χ1) is 15.7. The molecule has 152 valence electrons. The lowest BCUT2D eigenvalue weighted by Crippen LogP contribution is -1.96. The largest absolute Gasteiger partial charge is 0.129 e. The lowest BCUT2D eigenvalue weighted by molar-refractivity contribution is 1.07. The normalized spacial score (nSPS) is 15.0. The van der Waals surface area contributed by atoms with Gasteiger partial charge in [-0.3, -0.25) is 0 Å². The minimum atomic E-state index is 0.344.